The molecule has 0 aliphatic carbocycles. The van der Waals surface area contributed by atoms with E-state index in [9.17, 15) is 4.79 Å². The van der Waals surface area contributed by atoms with Crippen molar-refractivity contribution in [3.8, 4) is 5.75 Å². The average molecular weight is 575 g/mol. The molecule has 0 unspecified atom stereocenters. The van der Waals surface area contributed by atoms with Crippen molar-refractivity contribution in [1.29, 1.82) is 0 Å². The predicted molar refractivity (Wildman–Crippen MR) is 129 cm³/mol. The Labute approximate surface area is 195 Å². The van der Waals surface area contributed by atoms with Crippen molar-refractivity contribution in [1.82, 2.24) is 5.43 Å². The number of nitrogens with zero attached hydrogens (tertiary/aromatic N) is 1. The van der Waals surface area contributed by atoms with Gasteiger partial charge in [-0.3, -0.25) is 4.79 Å². The minimum atomic E-state index is -0.420. The van der Waals surface area contributed by atoms with Gasteiger partial charge in [0.15, 0.2) is 5.76 Å². The molecule has 150 valence electrons. The molecule has 0 saturated heterocycles. The van der Waals surface area contributed by atoms with E-state index in [0.29, 0.717) is 17.9 Å². The number of furan rings is 1. The molecule has 0 bridgehead atoms. The van der Waals surface area contributed by atoms with E-state index >= 15 is 0 Å². The third-order valence-electron chi connectivity index (χ3n) is 4.30. The van der Waals surface area contributed by atoms with Gasteiger partial charge in [-0.2, -0.15) is 5.10 Å². The maximum absolute atomic E-state index is 12.4. The summed E-state index contributed by atoms with van der Waals surface area (Å²) in [5, 5.41) is 4.90. The molecular formula is C23H16BrIN2O3. The third kappa shape index (κ3) is 5.09. The first kappa shape index (κ1) is 20.6. The number of para-hydroxylation sites is 1. The van der Waals surface area contributed by atoms with E-state index in [0.717, 1.165) is 21.0 Å². The number of hydrogen-bond acceptors (Lipinski definition) is 4. The molecule has 0 radical (unpaired) electrons. The molecule has 4 rings (SSSR count). The number of hydrazone groups is 1. The summed E-state index contributed by atoms with van der Waals surface area (Å²) in [6, 6.07) is 22.9. The monoisotopic (exact) mass is 574 g/mol. The smallest absolute Gasteiger partial charge is 0.307 e. The Hall–Kier alpha value is -2.65. The second-order valence-corrected chi connectivity index (χ2v) is 8.61. The number of carbonyl (C=O) groups excluding carboxylic acids is 1. The number of nitrogens with one attached hydrogen (secondary N) is 1. The highest BCUT2D eigenvalue weighted by atomic mass is 127. The molecule has 0 aliphatic heterocycles. The summed E-state index contributed by atoms with van der Waals surface area (Å²) in [4.78, 5) is 12.4. The van der Waals surface area contributed by atoms with Gasteiger partial charge in [0.1, 0.15) is 17.9 Å². The quantitative estimate of drug-likeness (QED) is 0.171. The molecule has 0 spiro atoms. The van der Waals surface area contributed by atoms with E-state index in [1.54, 1.807) is 18.3 Å². The molecule has 4 aromatic rings. The summed E-state index contributed by atoms with van der Waals surface area (Å²) >= 11 is 5.68. The third-order valence-corrected chi connectivity index (χ3v) is 5.51. The zero-order valence-electron chi connectivity index (χ0n) is 15.6. The number of rotatable bonds is 6. The van der Waals surface area contributed by atoms with Gasteiger partial charge in [0.05, 0.1) is 6.21 Å². The highest BCUT2D eigenvalue weighted by Gasteiger charge is 2.12. The number of amides is 1. The predicted octanol–water partition coefficient (Wildman–Crippen LogP) is 6.14. The summed E-state index contributed by atoms with van der Waals surface area (Å²) in [5.41, 5.74) is 4.98. The Balaban J connectivity index is 1.42. The topological polar surface area (TPSA) is 63.8 Å². The van der Waals surface area contributed by atoms with Gasteiger partial charge in [0, 0.05) is 19.0 Å². The van der Waals surface area contributed by atoms with Crippen LogP contribution in [-0.4, -0.2) is 12.1 Å². The Kier molecular flexibility index (Phi) is 6.49. The van der Waals surface area contributed by atoms with E-state index in [1.165, 1.54) is 3.57 Å². The van der Waals surface area contributed by atoms with Gasteiger partial charge < -0.3 is 9.15 Å². The van der Waals surface area contributed by atoms with Crippen molar-refractivity contribution in [2.24, 2.45) is 5.10 Å². The summed E-state index contributed by atoms with van der Waals surface area (Å²) < 4.78 is 13.6. The zero-order chi connectivity index (χ0) is 20.9. The number of fused-ring (bicyclic) bond motifs is 1. The number of carbonyl (C=O) groups is 1. The first-order chi connectivity index (χ1) is 14.6. The van der Waals surface area contributed by atoms with Crippen molar-refractivity contribution < 1.29 is 13.9 Å². The lowest BCUT2D eigenvalue weighted by Gasteiger charge is -2.09. The van der Waals surface area contributed by atoms with Gasteiger partial charge in [-0.25, -0.2) is 5.43 Å². The van der Waals surface area contributed by atoms with Gasteiger partial charge in [-0.15, -0.1) is 0 Å². The second kappa shape index (κ2) is 9.44. The lowest BCUT2D eigenvalue weighted by molar-refractivity contribution is 0.0929. The van der Waals surface area contributed by atoms with Crippen molar-refractivity contribution in [2.45, 2.75) is 6.61 Å². The van der Waals surface area contributed by atoms with Crippen LogP contribution < -0.4 is 10.2 Å². The molecule has 1 N–H and O–H groups in total. The minimum Gasteiger partial charge on any atom is -0.488 e. The van der Waals surface area contributed by atoms with Crippen molar-refractivity contribution in [2.75, 3.05) is 0 Å². The van der Waals surface area contributed by atoms with Crippen molar-refractivity contribution in [3.63, 3.8) is 0 Å². The van der Waals surface area contributed by atoms with E-state index in [-0.39, 0.29) is 5.76 Å². The number of halogens is 2. The Morgan fingerprint density at radius 2 is 1.90 bits per heavy atom. The maximum Gasteiger partial charge on any atom is 0.307 e. The molecule has 3 aromatic carbocycles. The van der Waals surface area contributed by atoms with Gasteiger partial charge >= 0.3 is 5.91 Å². The first-order valence-electron chi connectivity index (χ1n) is 9.07. The fourth-order valence-electron chi connectivity index (χ4n) is 2.80. The van der Waals surface area contributed by atoms with Crippen molar-refractivity contribution >= 4 is 61.6 Å². The molecule has 0 saturated carbocycles. The maximum atomic E-state index is 12.4. The van der Waals surface area contributed by atoms with Crippen LogP contribution in [0.3, 0.4) is 0 Å². The first-order valence-corrected chi connectivity index (χ1v) is 10.9. The largest absolute Gasteiger partial charge is 0.488 e. The van der Waals surface area contributed by atoms with Gasteiger partial charge in [0.25, 0.3) is 0 Å². The summed E-state index contributed by atoms with van der Waals surface area (Å²) in [7, 11) is 0. The number of hydrogen-bond donors (Lipinski definition) is 1. The standard InChI is InChI=1S/C23H16BrIN2O3/c24-18-7-10-21-17(11-18)12-22(30-21)23(28)27-26-13-16-3-1-2-4-20(16)29-14-15-5-8-19(25)9-6-15/h1-13H,14H2,(H,27,28)/b26-13+. The molecule has 0 atom stereocenters. The molecular weight excluding hydrogens is 559 g/mol. The fourth-order valence-corrected chi connectivity index (χ4v) is 3.54. The number of ether oxygens (including phenoxy) is 1. The van der Waals surface area contributed by atoms with Crippen LogP contribution in [0.15, 0.2) is 86.8 Å². The molecule has 30 heavy (non-hydrogen) atoms. The molecule has 0 aliphatic rings. The molecule has 1 aromatic heterocycles. The van der Waals surface area contributed by atoms with Crippen LogP contribution in [0.1, 0.15) is 21.7 Å². The summed E-state index contributed by atoms with van der Waals surface area (Å²) in [5.74, 6) is 0.460. The zero-order valence-corrected chi connectivity index (χ0v) is 19.4. The number of benzene rings is 3. The van der Waals surface area contributed by atoms with Crippen LogP contribution in [0.4, 0.5) is 0 Å². The second-order valence-electron chi connectivity index (χ2n) is 6.44. The van der Waals surface area contributed by atoms with Crippen LogP contribution in [0.2, 0.25) is 0 Å². The fraction of sp³-hybridized carbons (Fsp3) is 0.0435. The Morgan fingerprint density at radius 1 is 1.10 bits per heavy atom. The van der Waals surface area contributed by atoms with Crippen LogP contribution in [-0.2, 0) is 6.61 Å². The van der Waals surface area contributed by atoms with E-state index in [4.69, 9.17) is 9.15 Å². The molecule has 1 amide bonds. The highest BCUT2D eigenvalue weighted by Crippen LogP contribution is 2.23. The lowest BCUT2D eigenvalue weighted by Crippen LogP contribution is -2.16. The molecule has 0 fully saturated rings. The summed E-state index contributed by atoms with van der Waals surface area (Å²) in [6.45, 7) is 0.447. The lowest BCUT2D eigenvalue weighted by atomic mass is 10.2. The SMILES string of the molecule is O=C(N/N=C/c1ccccc1OCc1ccc(I)cc1)c1cc2cc(Br)ccc2o1. The van der Waals surface area contributed by atoms with Crippen molar-refractivity contribution in [3.05, 3.63) is 97.7 Å². The van der Waals surface area contributed by atoms with Gasteiger partial charge in [-0.05, 0) is 76.7 Å². The summed E-state index contributed by atoms with van der Waals surface area (Å²) in [6.07, 6.45) is 1.56. The van der Waals surface area contributed by atoms with Crippen LogP contribution in [0.5, 0.6) is 5.75 Å². The highest BCUT2D eigenvalue weighted by molar-refractivity contribution is 14.1. The Morgan fingerprint density at radius 3 is 2.73 bits per heavy atom. The van der Waals surface area contributed by atoms with E-state index in [1.807, 2.05) is 60.7 Å². The normalized spacial score (nSPS) is 11.1. The molecule has 7 heteroatoms. The van der Waals surface area contributed by atoms with Crippen LogP contribution >= 0.6 is 38.5 Å². The van der Waals surface area contributed by atoms with Gasteiger partial charge in [0.2, 0.25) is 0 Å². The Bertz CT molecular complexity index is 1220. The molecule has 1 heterocycles. The minimum absolute atomic E-state index is 0.198. The van der Waals surface area contributed by atoms with Crippen LogP contribution in [0, 0.1) is 3.57 Å². The van der Waals surface area contributed by atoms with E-state index < -0.39 is 5.91 Å². The molecule has 5 nitrogen and oxygen atoms in total. The van der Waals surface area contributed by atoms with E-state index in [2.05, 4.69) is 49.0 Å². The average Bonchev–Trinajstić information content (AvgIpc) is 3.17. The van der Waals surface area contributed by atoms with Crippen LogP contribution in [0.25, 0.3) is 11.0 Å². The van der Waals surface area contributed by atoms with Gasteiger partial charge in [-0.1, -0.05) is 40.2 Å².